The van der Waals surface area contributed by atoms with Gasteiger partial charge in [0.1, 0.15) is 11.4 Å². The van der Waals surface area contributed by atoms with Crippen molar-refractivity contribution in [3.8, 4) is 5.75 Å². The number of methoxy groups -OCH3 is 1. The zero-order valence-corrected chi connectivity index (χ0v) is 15.2. The molecule has 27 heavy (non-hydrogen) atoms. The first-order chi connectivity index (χ1) is 12.8. The summed E-state index contributed by atoms with van der Waals surface area (Å²) in [6, 6.07) is 8.47. The van der Waals surface area contributed by atoms with Gasteiger partial charge in [0.05, 0.1) is 23.3 Å². The van der Waals surface area contributed by atoms with E-state index in [4.69, 9.17) is 21.1 Å². The average molecular weight is 394 g/mol. The standard InChI is InChI=1S/C17H16ClN3O6/c1-19-12-5-3-10(7-14(12)21(24)25)17(23)27-9-16(22)20-13-8-11(18)4-6-15(13)26-2/h3-8,19H,9H2,1-2H3,(H,20,22). The molecule has 2 N–H and O–H groups in total. The van der Waals surface area contributed by atoms with Crippen molar-refractivity contribution in [3.63, 3.8) is 0 Å². The summed E-state index contributed by atoms with van der Waals surface area (Å²) in [7, 11) is 2.95. The molecule has 0 bridgehead atoms. The van der Waals surface area contributed by atoms with E-state index in [0.717, 1.165) is 6.07 Å². The maximum atomic E-state index is 12.1. The Morgan fingerprint density at radius 2 is 1.93 bits per heavy atom. The normalized spacial score (nSPS) is 10.0. The Bertz CT molecular complexity index is 887. The van der Waals surface area contributed by atoms with Crippen LogP contribution >= 0.6 is 11.6 Å². The predicted molar refractivity (Wildman–Crippen MR) is 99.6 cm³/mol. The highest BCUT2D eigenvalue weighted by atomic mass is 35.5. The molecule has 0 aliphatic carbocycles. The van der Waals surface area contributed by atoms with Crippen LogP contribution in [0.2, 0.25) is 5.02 Å². The number of rotatable bonds is 7. The van der Waals surface area contributed by atoms with Gasteiger partial charge in [-0.15, -0.1) is 0 Å². The van der Waals surface area contributed by atoms with E-state index in [-0.39, 0.29) is 16.9 Å². The molecule has 0 heterocycles. The van der Waals surface area contributed by atoms with Crippen LogP contribution in [0.3, 0.4) is 0 Å². The molecule has 10 heteroatoms. The van der Waals surface area contributed by atoms with Crippen LogP contribution in [0.4, 0.5) is 17.1 Å². The molecule has 2 aromatic rings. The monoisotopic (exact) mass is 393 g/mol. The third-order valence-corrected chi connectivity index (χ3v) is 3.70. The molecule has 0 saturated carbocycles. The Labute approximate surface area is 159 Å². The van der Waals surface area contributed by atoms with Gasteiger partial charge < -0.3 is 20.1 Å². The van der Waals surface area contributed by atoms with Crippen molar-refractivity contribution in [2.24, 2.45) is 0 Å². The highest BCUT2D eigenvalue weighted by Crippen LogP contribution is 2.28. The lowest BCUT2D eigenvalue weighted by Gasteiger charge is -2.11. The Balaban J connectivity index is 2.03. The second-order valence-corrected chi connectivity index (χ2v) is 5.64. The van der Waals surface area contributed by atoms with Gasteiger partial charge in [0, 0.05) is 18.1 Å². The van der Waals surface area contributed by atoms with Crippen LogP contribution in [0, 0.1) is 10.1 Å². The van der Waals surface area contributed by atoms with Gasteiger partial charge >= 0.3 is 5.97 Å². The summed E-state index contributed by atoms with van der Waals surface area (Å²) in [6.45, 7) is -0.587. The van der Waals surface area contributed by atoms with Crippen molar-refractivity contribution in [1.82, 2.24) is 0 Å². The number of nitrogens with zero attached hydrogens (tertiary/aromatic N) is 1. The Morgan fingerprint density at radius 3 is 2.56 bits per heavy atom. The van der Waals surface area contributed by atoms with Crippen molar-refractivity contribution in [1.29, 1.82) is 0 Å². The third-order valence-electron chi connectivity index (χ3n) is 3.47. The van der Waals surface area contributed by atoms with E-state index in [1.807, 2.05) is 0 Å². The van der Waals surface area contributed by atoms with Crippen molar-refractivity contribution >= 4 is 40.5 Å². The predicted octanol–water partition coefficient (Wildman–Crippen LogP) is 3.09. The summed E-state index contributed by atoms with van der Waals surface area (Å²) >= 11 is 5.88. The van der Waals surface area contributed by atoms with E-state index in [0.29, 0.717) is 16.5 Å². The SMILES string of the molecule is CNc1ccc(C(=O)OCC(=O)Nc2cc(Cl)ccc2OC)cc1[N+](=O)[O-]. The molecule has 2 rings (SSSR count). The number of anilines is 2. The molecule has 9 nitrogen and oxygen atoms in total. The fourth-order valence-corrected chi connectivity index (χ4v) is 2.37. The van der Waals surface area contributed by atoms with Crippen LogP contribution in [0.5, 0.6) is 5.75 Å². The lowest BCUT2D eigenvalue weighted by molar-refractivity contribution is -0.384. The summed E-state index contributed by atoms with van der Waals surface area (Å²) in [5, 5.41) is 16.6. The first-order valence-corrected chi connectivity index (χ1v) is 8.00. The van der Waals surface area contributed by atoms with E-state index < -0.39 is 23.4 Å². The number of hydrogen-bond donors (Lipinski definition) is 2. The quantitative estimate of drug-likeness (QED) is 0.421. The minimum absolute atomic E-state index is 0.0474. The summed E-state index contributed by atoms with van der Waals surface area (Å²) < 4.78 is 10.0. The van der Waals surface area contributed by atoms with Gasteiger partial charge in [0.15, 0.2) is 6.61 Å². The molecule has 0 radical (unpaired) electrons. The maximum absolute atomic E-state index is 12.1. The first-order valence-electron chi connectivity index (χ1n) is 7.62. The van der Waals surface area contributed by atoms with Gasteiger partial charge in [-0.3, -0.25) is 14.9 Å². The number of esters is 1. The number of carbonyl (C=O) groups is 2. The second-order valence-electron chi connectivity index (χ2n) is 5.21. The van der Waals surface area contributed by atoms with Crippen molar-refractivity contribution < 1.29 is 24.0 Å². The van der Waals surface area contributed by atoms with E-state index in [1.165, 1.54) is 32.4 Å². The molecule has 1 amide bonds. The minimum atomic E-state index is -0.867. The Hall–Kier alpha value is -3.33. The van der Waals surface area contributed by atoms with Gasteiger partial charge in [-0.05, 0) is 30.3 Å². The zero-order chi connectivity index (χ0) is 20.0. The zero-order valence-electron chi connectivity index (χ0n) is 14.4. The maximum Gasteiger partial charge on any atom is 0.338 e. The number of carbonyl (C=O) groups excluding carboxylic acids is 2. The van der Waals surface area contributed by atoms with Gasteiger partial charge in [-0.1, -0.05) is 11.6 Å². The van der Waals surface area contributed by atoms with Crippen LogP contribution < -0.4 is 15.4 Å². The molecule has 0 aliphatic heterocycles. The van der Waals surface area contributed by atoms with E-state index in [2.05, 4.69) is 10.6 Å². The molecular formula is C17H16ClN3O6. The Kier molecular flexibility index (Phi) is 6.56. The van der Waals surface area contributed by atoms with Crippen LogP contribution in [0.25, 0.3) is 0 Å². The third kappa shape index (κ3) is 5.08. The van der Waals surface area contributed by atoms with E-state index in [1.54, 1.807) is 12.1 Å². The average Bonchev–Trinajstić information content (AvgIpc) is 2.65. The molecule has 0 unspecified atom stereocenters. The van der Waals surface area contributed by atoms with Crippen molar-refractivity contribution in [3.05, 3.63) is 57.1 Å². The molecule has 0 aliphatic rings. The molecule has 0 fully saturated rings. The van der Waals surface area contributed by atoms with Crippen molar-refractivity contribution in [2.75, 3.05) is 31.4 Å². The number of nitro benzene ring substituents is 1. The fraction of sp³-hybridized carbons (Fsp3) is 0.176. The van der Waals surface area contributed by atoms with Gasteiger partial charge in [0.2, 0.25) is 0 Å². The number of ether oxygens (including phenoxy) is 2. The van der Waals surface area contributed by atoms with Gasteiger partial charge in [-0.25, -0.2) is 4.79 Å². The number of hydrogen-bond acceptors (Lipinski definition) is 7. The smallest absolute Gasteiger partial charge is 0.338 e. The topological polar surface area (TPSA) is 120 Å². The summed E-state index contributed by atoms with van der Waals surface area (Å²) in [5.41, 5.74) is 0.247. The second kappa shape index (κ2) is 8.86. The molecule has 0 spiro atoms. The number of halogens is 1. The van der Waals surface area contributed by atoms with Crippen LogP contribution in [0.15, 0.2) is 36.4 Å². The summed E-state index contributed by atoms with van der Waals surface area (Å²) in [5.74, 6) is -1.10. The molecule has 0 atom stereocenters. The Morgan fingerprint density at radius 1 is 1.19 bits per heavy atom. The van der Waals surface area contributed by atoms with E-state index in [9.17, 15) is 19.7 Å². The number of nitro groups is 1. The molecule has 0 aromatic heterocycles. The highest BCUT2D eigenvalue weighted by molar-refractivity contribution is 6.31. The van der Waals surface area contributed by atoms with Crippen LogP contribution in [-0.2, 0) is 9.53 Å². The van der Waals surface area contributed by atoms with Crippen LogP contribution in [0.1, 0.15) is 10.4 Å². The number of nitrogens with one attached hydrogen (secondary N) is 2. The van der Waals surface area contributed by atoms with Crippen molar-refractivity contribution in [2.45, 2.75) is 0 Å². The largest absolute Gasteiger partial charge is 0.495 e. The summed E-state index contributed by atoms with van der Waals surface area (Å²) in [6.07, 6.45) is 0. The highest BCUT2D eigenvalue weighted by Gasteiger charge is 2.18. The molecule has 2 aromatic carbocycles. The number of amides is 1. The van der Waals surface area contributed by atoms with Crippen LogP contribution in [-0.4, -0.2) is 37.6 Å². The van der Waals surface area contributed by atoms with Gasteiger partial charge in [-0.2, -0.15) is 0 Å². The number of benzene rings is 2. The minimum Gasteiger partial charge on any atom is -0.495 e. The lowest BCUT2D eigenvalue weighted by Crippen LogP contribution is -2.21. The molecule has 142 valence electrons. The molecule has 0 saturated heterocycles. The first kappa shape index (κ1) is 20.0. The lowest BCUT2D eigenvalue weighted by atomic mass is 10.1. The summed E-state index contributed by atoms with van der Waals surface area (Å²) in [4.78, 5) is 34.5. The fourth-order valence-electron chi connectivity index (χ4n) is 2.20. The molecular weight excluding hydrogens is 378 g/mol. The van der Waals surface area contributed by atoms with E-state index >= 15 is 0 Å². The van der Waals surface area contributed by atoms with Gasteiger partial charge in [0.25, 0.3) is 11.6 Å².